The van der Waals surface area contributed by atoms with Crippen LogP contribution in [0.25, 0.3) is 20.2 Å². The fraction of sp³-hybridized carbons (Fsp3) is 0.346. The number of likely N-dealkylation sites (tertiary alicyclic amines) is 1. The molecule has 34 heavy (non-hydrogen) atoms. The molecule has 2 unspecified atom stereocenters. The van der Waals surface area contributed by atoms with E-state index in [1.165, 1.54) is 4.70 Å². The Bertz CT molecular complexity index is 1250. The van der Waals surface area contributed by atoms with E-state index >= 15 is 0 Å². The van der Waals surface area contributed by atoms with Crippen molar-refractivity contribution in [3.05, 3.63) is 60.2 Å². The molecule has 0 radical (unpaired) electrons. The summed E-state index contributed by atoms with van der Waals surface area (Å²) < 4.78 is 7.52. The molecule has 0 bridgehead atoms. The predicted octanol–water partition coefficient (Wildman–Crippen LogP) is 3.34. The SMILES string of the molecule is C=C(C)CNC(=O)C1CC(COC)CN1C(=O)CNC(=O)c1ccc2sc3ccccc3c2c1. The maximum Gasteiger partial charge on any atom is 0.251 e. The molecule has 1 saturated heterocycles. The Balaban J connectivity index is 1.43. The van der Waals surface area contributed by atoms with Crippen LogP contribution in [0, 0.1) is 5.92 Å². The summed E-state index contributed by atoms with van der Waals surface area (Å²) in [5, 5.41) is 7.70. The average Bonchev–Trinajstić information content (AvgIpc) is 3.42. The Morgan fingerprint density at radius 1 is 1.09 bits per heavy atom. The lowest BCUT2D eigenvalue weighted by molar-refractivity contribution is -0.137. The molecule has 8 heteroatoms. The zero-order valence-electron chi connectivity index (χ0n) is 19.4. The molecule has 1 aromatic heterocycles. The largest absolute Gasteiger partial charge is 0.384 e. The summed E-state index contributed by atoms with van der Waals surface area (Å²) in [4.78, 5) is 40.1. The summed E-state index contributed by atoms with van der Waals surface area (Å²) in [5.74, 6) is -0.749. The standard InChI is InChI=1S/C26H29N3O4S/c1-16(2)12-27-26(32)21-10-17(15-33-3)14-29(21)24(30)13-28-25(31)18-8-9-23-20(11-18)19-6-4-5-7-22(19)34-23/h4-9,11,17,21H,1,10,12-15H2,2-3H3,(H,27,32)(H,28,31). The van der Waals surface area contributed by atoms with Gasteiger partial charge in [-0.25, -0.2) is 0 Å². The van der Waals surface area contributed by atoms with Crippen LogP contribution in [0.5, 0.6) is 0 Å². The molecular weight excluding hydrogens is 450 g/mol. The number of methoxy groups -OCH3 is 1. The molecule has 3 aromatic rings. The van der Waals surface area contributed by atoms with Crippen molar-refractivity contribution in [2.75, 3.05) is 33.4 Å². The van der Waals surface area contributed by atoms with Crippen LogP contribution in [-0.4, -0.2) is 62.0 Å². The van der Waals surface area contributed by atoms with Gasteiger partial charge in [0.05, 0.1) is 13.2 Å². The molecule has 3 amide bonds. The maximum absolute atomic E-state index is 13.0. The molecular formula is C26H29N3O4S. The fourth-order valence-corrected chi connectivity index (χ4v) is 5.47. The maximum atomic E-state index is 13.0. The van der Waals surface area contributed by atoms with Gasteiger partial charge in [0, 0.05) is 51.9 Å². The number of hydrogen-bond donors (Lipinski definition) is 2. The van der Waals surface area contributed by atoms with Crippen LogP contribution in [0.3, 0.4) is 0 Å². The van der Waals surface area contributed by atoms with E-state index in [2.05, 4.69) is 23.3 Å². The molecule has 0 aliphatic carbocycles. The van der Waals surface area contributed by atoms with Crippen LogP contribution < -0.4 is 10.6 Å². The smallest absolute Gasteiger partial charge is 0.251 e. The van der Waals surface area contributed by atoms with Crippen molar-refractivity contribution in [2.24, 2.45) is 5.92 Å². The minimum absolute atomic E-state index is 0.0690. The molecule has 1 fully saturated rings. The summed E-state index contributed by atoms with van der Waals surface area (Å²) in [6, 6.07) is 13.1. The molecule has 2 heterocycles. The number of nitrogens with zero attached hydrogens (tertiary/aromatic N) is 1. The van der Waals surface area contributed by atoms with Crippen LogP contribution in [0.15, 0.2) is 54.6 Å². The van der Waals surface area contributed by atoms with Crippen molar-refractivity contribution in [2.45, 2.75) is 19.4 Å². The van der Waals surface area contributed by atoms with E-state index in [-0.39, 0.29) is 30.2 Å². The number of carbonyl (C=O) groups is 3. The monoisotopic (exact) mass is 479 g/mol. The third-order valence-corrected chi connectivity index (χ3v) is 7.17. The minimum atomic E-state index is -0.586. The molecule has 4 rings (SSSR count). The van der Waals surface area contributed by atoms with Crippen molar-refractivity contribution in [3.63, 3.8) is 0 Å². The molecule has 0 saturated carbocycles. The second-order valence-corrected chi connectivity index (χ2v) is 9.87. The first-order chi connectivity index (χ1) is 16.4. The van der Waals surface area contributed by atoms with E-state index in [4.69, 9.17) is 4.74 Å². The number of rotatable bonds is 8. The van der Waals surface area contributed by atoms with Gasteiger partial charge in [0.2, 0.25) is 11.8 Å². The van der Waals surface area contributed by atoms with E-state index in [1.54, 1.807) is 29.4 Å². The molecule has 178 valence electrons. The van der Waals surface area contributed by atoms with Gasteiger partial charge in [0.1, 0.15) is 6.04 Å². The highest BCUT2D eigenvalue weighted by atomic mass is 32.1. The molecule has 7 nitrogen and oxygen atoms in total. The van der Waals surface area contributed by atoms with E-state index in [9.17, 15) is 14.4 Å². The molecule has 2 aromatic carbocycles. The number of thiophene rings is 1. The summed E-state index contributed by atoms with van der Waals surface area (Å²) in [6.07, 6.45) is 0.525. The van der Waals surface area contributed by atoms with Gasteiger partial charge in [-0.2, -0.15) is 0 Å². The summed E-state index contributed by atoms with van der Waals surface area (Å²) in [5.41, 5.74) is 1.33. The van der Waals surface area contributed by atoms with Gasteiger partial charge in [0.25, 0.3) is 5.91 Å². The van der Waals surface area contributed by atoms with Gasteiger partial charge >= 0.3 is 0 Å². The summed E-state index contributed by atoms with van der Waals surface area (Å²) in [6.45, 7) is 6.70. The van der Waals surface area contributed by atoms with E-state index in [1.807, 2.05) is 37.3 Å². The lowest BCUT2D eigenvalue weighted by atomic mass is 10.1. The Morgan fingerprint density at radius 2 is 1.85 bits per heavy atom. The van der Waals surface area contributed by atoms with Crippen molar-refractivity contribution in [3.8, 4) is 0 Å². The van der Waals surface area contributed by atoms with Crippen molar-refractivity contribution in [1.29, 1.82) is 0 Å². The highest BCUT2D eigenvalue weighted by Gasteiger charge is 2.39. The van der Waals surface area contributed by atoms with Crippen LogP contribution in [-0.2, 0) is 14.3 Å². The quantitative estimate of drug-likeness (QED) is 0.485. The van der Waals surface area contributed by atoms with Crippen molar-refractivity contribution < 1.29 is 19.1 Å². The van der Waals surface area contributed by atoms with E-state index in [0.717, 1.165) is 21.0 Å². The number of amides is 3. The van der Waals surface area contributed by atoms with Gasteiger partial charge in [-0.1, -0.05) is 30.4 Å². The number of hydrogen-bond acceptors (Lipinski definition) is 5. The van der Waals surface area contributed by atoms with Gasteiger partial charge in [-0.05, 0) is 37.6 Å². The highest BCUT2D eigenvalue weighted by molar-refractivity contribution is 7.25. The molecule has 0 spiro atoms. The first-order valence-electron chi connectivity index (χ1n) is 11.3. The molecule has 2 N–H and O–H groups in total. The number of nitrogens with one attached hydrogen (secondary N) is 2. The topological polar surface area (TPSA) is 87.7 Å². The van der Waals surface area contributed by atoms with Gasteiger partial charge in [0.15, 0.2) is 0 Å². The van der Waals surface area contributed by atoms with Crippen LogP contribution >= 0.6 is 11.3 Å². The molecule has 1 aliphatic heterocycles. The molecule has 1 aliphatic rings. The number of ether oxygens (including phenoxy) is 1. The first kappa shape index (κ1) is 23.9. The number of benzene rings is 2. The Kier molecular flexibility index (Phi) is 7.29. The number of fused-ring (bicyclic) bond motifs is 3. The Morgan fingerprint density at radius 3 is 2.62 bits per heavy atom. The Labute approximate surface area is 202 Å². The van der Waals surface area contributed by atoms with Gasteiger partial charge in [-0.15, -0.1) is 11.3 Å². The fourth-order valence-electron chi connectivity index (χ4n) is 4.39. The third-order valence-electron chi connectivity index (χ3n) is 6.02. The second kappa shape index (κ2) is 10.4. The Hall–Kier alpha value is -3.23. The lowest BCUT2D eigenvalue weighted by Gasteiger charge is -2.24. The van der Waals surface area contributed by atoms with Crippen LogP contribution in [0.1, 0.15) is 23.7 Å². The van der Waals surface area contributed by atoms with E-state index < -0.39 is 6.04 Å². The minimum Gasteiger partial charge on any atom is -0.384 e. The zero-order valence-corrected chi connectivity index (χ0v) is 20.2. The average molecular weight is 480 g/mol. The van der Waals surface area contributed by atoms with E-state index in [0.29, 0.717) is 31.7 Å². The van der Waals surface area contributed by atoms with Gasteiger partial charge < -0.3 is 20.3 Å². The first-order valence-corrected chi connectivity index (χ1v) is 12.1. The van der Waals surface area contributed by atoms with Crippen LogP contribution in [0.4, 0.5) is 0 Å². The summed E-state index contributed by atoms with van der Waals surface area (Å²) >= 11 is 1.68. The third kappa shape index (κ3) is 5.13. The van der Waals surface area contributed by atoms with Crippen LogP contribution in [0.2, 0.25) is 0 Å². The van der Waals surface area contributed by atoms with Gasteiger partial charge in [-0.3, -0.25) is 14.4 Å². The lowest BCUT2D eigenvalue weighted by Crippen LogP contribution is -2.49. The number of carbonyl (C=O) groups excluding carboxylic acids is 3. The second-order valence-electron chi connectivity index (χ2n) is 8.79. The van der Waals surface area contributed by atoms with Crippen molar-refractivity contribution >= 4 is 49.2 Å². The van der Waals surface area contributed by atoms with Crippen molar-refractivity contribution in [1.82, 2.24) is 15.5 Å². The highest BCUT2D eigenvalue weighted by Crippen LogP contribution is 2.34. The predicted molar refractivity (Wildman–Crippen MR) is 135 cm³/mol. The molecule has 2 atom stereocenters. The summed E-state index contributed by atoms with van der Waals surface area (Å²) in [7, 11) is 1.61. The normalized spacial score (nSPS) is 17.8. The zero-order chi connectivity index (χ0) is 24.2.